The van der Waals surface area contributed by atoms with Gasteiger partial charge in [-0.3, -0.25) is 0 Å². The quantitative estimate of drug-likeness (QED) is 0.806. The Morgan fingerprint density at radius 2 is 2.16 bits per heavy atom. The molecule has 2 atom stereocenters. The summed E-state index contributed by atoms with van der Waals surface area (Å²) in [5.41, 5.74) is 0.300. The first-order valence-corrected chi connectivity index (χ1v) is 9.62. The summed E-state index contributed by atoms with van der Waals surface area (Å²) < 4.78 is 24.9. The van der Waals surface area contributed by atoms with Crippen LogP contribution in [0.25, 0.3) is 0 Å². The van der Waals surface area contributed by atoms with Crippen molar-refractivity contribution < 1.29 is 18.3 Å². The Morgan fingerprint density at radius 3 is 2.80 bits per heavy atom. The van der Waals surface area contributed by atoms with Crippen LogP contribution < -0.4 is 5.32 Å². The van der Waals surface area contributed by atoms with Crippen molar-refractivity contribution in [1.82, 2.24) is 19.9 Å². The Bertz CT molecular complexity index is 887. The SMILES string of the molecule is CS(=O)(=O)c1cc(NC(=O)N2C[C@@H](O)[C@H](n3ccnn3)C2)ccc1Cl. The number of urea groups is 1. The van der Waals surface area contributed by atoms with Gasteiger partial charge in [0.2, 0.25) is 0 Å². The number of anilines is 1. The molecule has 1 aliphatic heterocycles. The zero-order valence-electron chi connectivity index (χ0n) is 13.2. The van der Waals surface area contributed by atoms with Gasteiger partial charge in [0.15, 0.2) is 9.84 Å². The number of carbonyl (C=O) groups excluding carboxylic acids is 1. The number of nitrogens with zero attached hydrogens (tertiary/aromatic N) is 4. The minimum atomic E-state index is -3.51. The van der Waals surface area contributed by atoms with Gasteiger partial charge in [-0.2, -0.15) is 0 Å². The molecule has 2 aromatic rings. The smallest absolute Gasteiger partial charge is 0.322 e. The molecule has 9 nitrogen and oxygen atoms in total. The molecule has 3 rings (SSSR count). The molecule has 0 unspecified atom stereocenters. The molecule has 1 fully saturated rings. The maximum atomic E-state index is 12.4. The third-order valence-corrected chi connectivity index (χ3v) is 5.49. The van der Waals surface area contributed by atoms with Crippen molar-refractivity contribution in [3.8, 4) is 0 Å². The highest BCUT2D eigenvalue weighted by Crippen LogP contribution is 2.26. The summed E-state index contributed by atoms with van der Waals surface area (Å²) in [5, 5.41) is 20.4. The maximum absolute atomic E-state index is 12.4. The van der Waals surface area contributed by atoms with Gasteiger partial charge in [-0.25, -0.2) is 17.9 Å². The lowest BCUT2D eigenvalue weighted by Gasteiger charge is -2.17. The van der Waals surface area contributed by atoms with Gasteiger partial charge in [0.25, 0.3) is 0 Å². The van der Waals surface area contributed by atoms with Gasteiger partial charge in [-0.1, -0.05) is 16.8 Å². The summed E-state index contributed by atoms with van der Waals surface area (Å²) in [5.74, 6) is 0. The molecule has 25 heavy (non-hydrogen) atoms. The first kappa shape index (κ1) is 17.6. The molecule has 1 aromatic carbocycles. The van der Waals surface area contributed by atoms with E-state index in [0.29, 0.717) is 5.69 Å². The van der Waals surface area contributed by atoms with Gasteiger partial charge in [0, 0.05) is 24.7 Å². The van der Waals surface area contributed by atoms with Gasteiger partial charge >= 0.3 is 6.03 Å². The molecule has 0 radical (unpaired) electrons. The average Bonchev–Trinajstić information content (AvgIpc) is 3.17. The molecule has 2 N–H and O–H groups in total. The van der Waals surface area contributed by atoms with E-state index < -0.39 is 22.0 Å². The molecule has 11 heteroatoms. The number of aromatic nitrogens is 3. The minimum absolute atomic E-state index is 0.0612. The number of carbonyl (C=O) groups is 1. The Balaban J connectivity index is 1.73. The number of sulfone groups is 1. The van der Waals surface area contributed by atoms with Crippen LogP contribution in [0.4, 0.5) is 10.5 Å². The van der Waals surface area contributed by atoms with Crippen LogP contribution in [-0.4, -0.2) is 64.9 Å². The predicted molar refractivity (Wildman–Crippen MR) is 90.2 cm³/mol. The summed E-state index contributed by atoms with van der Waals surface area (Å²) in [6.07, 6.45) is 3.38. The second kappa shape index (κ2) is 6.62. The number of benzene rings is 1. The third kappa shape index (κ3) is 3.75. The van der Waals surface area contributed by atoms with Crippen molar-refractivity contribution in [3.63, 3.8) is 0 Å². The van der Waals surface area contributed by atoms with Gasteiger partial charge in [0.1, 0.15) is 0 Å². The second-order valence-corrected chi connectivity index (χ2v) is 8.16. The third-order valence-electron chi connectivity index (χ3n) is 3.91. The number of nitrogens with one attached hydrogen (secondary N) is 1. The molecule has 0 bridgehead atoms. The van der Waals surface area contributed by atoms with E-state index in [1.54, 1.807) is 6.20 Å². The summed E-state index contributed by atoms with van der Waals surface area (Å²) in [4.78, 5) is 13.8. The molecule has 1 aliphatic rings. The molecule has 1 aromatic heterocycles. The van der Waals surface area contributed by atoms with Crippen LogP contribution in [0.3, 0.4) is 0 Å². The molecule has 0 spiro atoms. The molecule has 1 saturated heterocycles. The Kier molecular flexibility index (Phi) is 4.67. The lowest BCUT2D eigenvalue weighted by molar-refractivity contribution is 0.139. The van der Waals surface area contributed by atoms with E-state index in [4.69, 9.17) is 11.6 Å². The number of hydrogen-bond acceptors (Lipinski definition) is 6. The van der Waals surface area contributed by atoms with E-state index in [2.05, 4.69) is 15.6 Å². The highest BCUT2D eigenvalue weighted by atomic mass is 35.5. The number of aliphatic hydroxyl groups excluding tert-OH is 1. The van der Waals surface area contributed by atoms with Crippen LogP contribution in [0.2, 0.25) is 5.02 Å². The summed E-state index contributed by atoms with van der Waals surface area (Å²) in [7, 11) is -3.51. The fraction of sp³-hybridized carbons (Fsp3) is 0.357. The molecule has 0 aliphatic carbocycles. The number of rotatable bonds is 3. The fourth-order valence-corrected chi connectivity index (χ4v) is 3.96. The molecular formula is C14H16ClN5O4S. The molecule has 2 heterocycles. The van der Waals surface area contributed by atoms with Gasteiger partial charge in [0.05, 0.1) is 34.8 Å². The molecule has 2 amide bonds. The normalized spacial score (nSPS) is 20.7. The largest absolute Gasteiger partial charge is 0.389 e. The van der Waals surface area contributed by atoms with Crippen LogP contribution in [-0.2, 0) is 9.84 Å². The van der Waals surface area contributed by atoms with Crippen LogP contribution in [0, 0.1) is 0 Å². The minimum Gasteiger partial charge on any atom is -0.389 e. The van der Waals surface area contributed by atoms with Crippen LogP contribution >= 0.6 is 11.6 Å². The van der Waals surface area contributed by atoms with Crippen LogP contribution in [0.5, 0.6) is 0 Å². The second-order valence-electron chi connectivity index (χ2n) is 5.77. The van der Waals surface area contributed by atoms with Crippen LogP contribution in [0.15, 0.2) is 35.5 Å². The average molecular weight is 386 g/mol. The van der Waals surface area contributed by atoms with E-state index >= 15 is 0 Å². The van der Waals surface area contributed by atoms with Gasteiger partial charge in [-0.15, -0.1) is 5.10 Å². The van der Waals surface area contributed by atoms with E-state index in [9.17, 15) is 18.3 Å². The van der Waals surface area contributed by atoms with E-state index in [1.807, 2.05) is 0 Å². The molecule has 134 valence electrons. The summed E-state index contributed by atoms with van der Waals surface area (Å²) in [6.45, 7) is 0.381. The zero-order valence-corrected chi connectivity index (χ0v) is 14.8. The highest BCUT2D eigenvalue weighted by molar-refractivity contribution is 7.90. The van der Waals surface area contributed by atoms with Crippen molar-refractivity contribution in [2.45, 2.75) is 17.0 Å². The fourth-order valence-electron chi connectivity index (χ4n) is 2.66. The zero-order chi connectivity index (χ0) is 18.2. The van der Waals surface area contributed by atoms with E-state index in [1.165, 1.54) is 34.0 Å². The summed E-state index contributed by atoms with van der Waals surface area (Å²) >= 11 is 5.89. The van der Waals surface area contributed by atoms with Crippen LogP contribution in [0.1, 0.15) is 6.04 Å². The van der Waals surface area contributed by atoms with Crippen molar-refractivity contribution >= 4 is 33.2 Å². The van der Waals surface area contributed by atoms with Gasteiger partial charge < -0.3 is 15.3 Å². The Morgan fingerprint density at radius 1 is 1.40 bits per heavy atom. The number of hydrogen-bond donors (Lipinski definition) is 2. The van der Waals surface area contributed by atoms with Crippen molar-refractivity contribution in [3.05, 3.63) is 35.6 Å². The van der Waals surface area contributed by atoms with E-state index in [-0.39, 0.29) is 29.0 Å². The lowest BCUT2D eigenvalue weighted by Crippen LogP contribution is -2.33. The summed E-state index contributed by atoms with van der Waals surface area (Å²) in [6, 6.07) is 3.38. The predicted octanol–water partition coefficient (Wildman–Crippen LogP) is 0.785. The highest BCUT2D eigenvalue weighted by Gasteiger charge is 2.35. The molecule has 0 saturated carbocycles. The van der Waals surface area contributed by atoms with Crippen molar-refractivity contribution in [2.24, 2.45) is 0 Å². The Hall–Kier alpha value is -2.17. The number of aliphatic hydroxyl groups is 1. The topological polar surface area (TPSA) is 117 Å². The maximum Gasteiger partial charge on any atom is 0.322 e. The first-order chi connectivity index (χ1) is 11.8. The lowest BCUT2D eigenvalue weighted by atomic mass is 10.2. The monoisotopic (exact) mass is 385 g/mol. The number of likely N-dealkylation sites (tertiary alicyclic amines) is 1. The molecular weight excluding hydrogens is 370 g/mol. The Labute approximate surface area is 149 Å². The van der Waals surface area contributed by atoms with Crippen molar-refractivity contribution in [1.29, 1.82) is 0 Å². The van der Waals surface area contributed by atoms with Crippen molar-refractivity contribution in [2.75, 3.05) is 24.7 Å². The number of amides is 2. The van der Waals surface area contributed by atoms with Gasteiger partial charge in [-0.05, 0) is 18.2 Å². The standard InChI is InChI=1S/C14H16ClN5O4S/c1-25(23,24)13-6-9(2-3-10(13)15)17-14(22)19-7-11(12(21)8-19)20-5-4-16-18-20/h2-6,11-12,21H,7-8H2,1H3,(H,17,22)/t11-,12-/m1/s1. The first-order valence-electron chi connectivity index (χ1n) is 7.35. The number of halogens is 1. The van der Waals surface area contributed by atoms with E-state index in [0.717, 1.165) is 6.26 Å². The number of β-amino-alcohol motifs (C(OH)–C–C–N with tert-alkyl or cyclic N) is 1.